The lowest BCUT2D eigenvalue weighted by atomic mass is 10.0. The maximum atomic E-state index is 13.3. The summed E-state index contributed by atoms with van der Waals surface area (Å²) in [4.78, 5) is 3.02. The van der Waals surface area contributed by atoms with Crippen LogP contribution in [0, 0.1) is 0 Å². The average molecular weight is 326 g/mol. The molecule has 0 saturated carbocycles. The molecule has 0 saturated heterocycles. The number of hydrogen-bond donors (Lipinski definition) is 1. The molecule has 0 fully saturated rings. The van der Waals surface area contributed by atoms with Crippen LogP contribution in [0.3, 0.4) is 0 Å². The predicted octanol–water partition coefficient (Wildman–Crippen LogP) is 4.34. The van der Waals surface area contributed by atoms with Crippen molar-refractivity contribution < 1.29 is 18.2 Å². The van der Waals surface area contributed by atoms with Crippen LogP contribution in [0.2, 0.25) is 0 Å². The average Bonchev–Trinajstić information content (AvgIpc) is 2.45. The van der Waals surface area contributed by atoms with Crippen LogP contribution in [-0.4, -0.2) is 0 Å². The smallest absolute Gasteiger partial charge is 0.398 e. The number of benzene rings is 2. The number of alkyl halides is 3. The van der Waals surface area contributed by atoms with Gasteiger partial charge in [-0.1, -0.05) is 24.3 Å². The number of aromatic nitrogens is 1. The monoisotopic (exact) mass is 325 g/mol. The summed E-state index contributed by atoms with van der Waals surface area (Å²) >= 11 is 0. The van der Waals surface area contributed by atoms with Gasteiger partial charge < -0.3 is 5.73 Å². The van der Waals surface area contributed by atoms with E-state index in [4.69, 9.17) is 5.73 Å². The predicted molar refractivity (Wildman–Crippen MR) is 82.6 cm³/mol. The number of anilines is 1. The minimum Gasteiger partial charge on any atom is -0.398 e. The second-order valence-electron chi connectivity index (χ2n) is 4.73. The summed E-state index contributed by atoms with van der Waals surface area (Å²) in [5.41, 5.74) is 6.93. The highest BCUT2D eigenvalue weighted by atomic mass is 35.5. The van der Waals surface area contributed by atoms with Crippen molar-refractivity contribution in [3.63, 3.8) is 0 Å². The second-order valence-corrected chi connectivity index (χ2v) is 4.73. The van der Waals surface area contributed by atoms with Crippen molar-refractivity contribution in [2.45, 2.75) is 6.18 Å². The molecule has 0 aliphatic carbocycles. The molecule has 2 nitrogen and oxygen atoms in total. The Hall–Kier alpha value is -2.27. The van der Waals surface area contributed by atoms with Gasteiger partial charge in [0.2, 0.25) is 11.2 Å². The molecule has 0 aliphatic heterocycles. The Balaban J connectivity index is 0.00000176. The van der Waals surface area contributed by atoms with Crippen molar-refractivity contribution in [3.05, 3.63) is 60.2 Å². The number of fused-ring (bicyclic) bond motifs is 1. The van der Waals surface area contributed by atoms with Crippen molar-refractivity contribution in [1.82, 2.24) is 0 Å². The molecule has 0 unspecified atom stereocenters. The van der Waals surface area contributed by atoms with Crippen molar-refractivity contribution in [3.8, 4) is 11.3 Å². The quantitative estimate of drug-likeness (QED) is 0.664. The van der Waals surface area contributed by atoms with Gasteiger partial charge in [-0.15, -0.1) is 12.4 Å². The SMILES string of the molecule is Cl.Nc1ccccc1-c1cc(C(F)(F)F)c2ccccc2[nH+]1. The fourth-order valence-corrected chi connectivity index (χ4v) is 2.35. The normalized spacial score (nSPS) is 11.2. The van der Waals surface area contributed by atoms with E-state index in [1.54, 1.807) is 42.5 Å². The summed E-state index contributed by atoms with van der Waals surface area (Å²) in [6.45, 7) is 0. The summed E-state index contributed by atoms with van der Waals surface area (Å²) < 4.78 is 39.8. The Bertz CT molecular complexity index is 816. The van der Waals surface area contributed by atoms with Gasteiger partial charge >= 0.3 is 6.18 Å². The van der Waals surface area contributed by atoms with Gasteiger partial charge in [-0.25, -0.2) is 4.98 Å². The summed E-state index contributed by atoms with van der Waals surface area (Å²) in [6.07, 6.45) is -4.42. The largest absolute Gasteiger partial charge is 0.417 e. The van der Waals surface area contributed by atoms with Crippen molar-refractivity contribution in [2.24, 2.45) is 0 Å². The van der Waals surface area contributed by atoms with Crippen LogP contribution in [0.4, 0.5) is 18.9 Å². The first-order valence-electron chi connectivity index (χ1n) is 6.34. The third-order valence-corrected chi connectivity index (χ3v) is 3.33. The molecule has 0 aliphatic rings. The van der Waals surface area contributed by atoms with Gasteiger partial charge in [0.05, 0.1) is 16.5 Å². The zero-order valence-electron chi connectivity index (χ0n) is 11.3. The fourth-order valence-electron chi connectivity index (χ4n) is 2.35. The molecule has 0 amide bonds. The van der Waals surface area contributed by atoms with Crippen molar-refractivity contribution in [2.75, 3.05) is 5.73 Å². The van der Waals surface area contributed by atoms with E-state index in [1.165, 1.54) is 6.07 Å². The van der Waals surface area contributed by atoms with Gasteiger partial charge in [0, 0.05) is 17.8 Å². The molecule has 3 aromatic rings. The molecule has 0 atom stereocenters. The highest BCUT2D eigenvalue weighted by Crippen LogP contribution is 2.36. The van der Waals surface area contributed by atoms with Crippen molar-refractivity contribution >= 4 is 29.0 Å². The lowest BCUT2D eigenvalue weighted by molar-refractivity contribution is -0.331. The van der Waals surface area contributed by atoms with Crippen molar-refractivity contribution in [1.29, 1.82) is 0 Å². The van der Waals surface area contributed by atoms with Gasteiger partial charge in [0.25, 0.3) is 0 Å². The minimum atomic E-state index is -4.42. The van der Waals surface area contributed by atoms with Gasteiger partial charge in [-0.05, 0) is 18.2 Å². The van der Waals surface area contributed by atoms with Crippen LogP contribution in [0.25, 0.3) is 22.2 Å². The first-order chi connectivity index (χ1) is 9.97. The third kappa shape index (κ3) is 2.85. The molecule has 0 spiro atoms. The van der Waals surface area contributed by atoms with Crippen LogP contribution in [0.1, 0.15) is 5.56 Å². The molecule has 22 heavy (non-hydrogen) atoms. The highest BCUT2D eigenvalue weighted by Gasteiger charge is 2.35. The number of halogens is 4. The number of aromatic amines is 1. The van der Waals surface area contributed by atoms with Crippen LogP contribution >= 0.6 is 12.4 Å². The maximum absolute atomic E-state index is 13.3. The number of pyridine rings is 1. The Morgan fingerprint density at radius 3 is 2.23 bits per heavy atom. The van der Waals surface area contributed by atoms with E-state index < -0.39 is 11.7 Å². The second kappa shape index (κ2) is 5.85. The summed E-state index contributed by atoms with van der Waals surface area (Å²) in [7, 11) is 0. The number of nitrogens with two attached hydrogens (primary N) is 1. The van der Waals surface area contributed by atoms with E-state index in [9.17, 15) is 13.2 Å². The molecule has 114 valence electrons. The highest BCUT2D eigenvalue weighted by molar-refractivity contribution is 5.85. The van der Waals surface area contributed by atoms with E-state index in [0.717, 1.165) is 6.07 Å². The standard InChI is InChI=1S/C16H11F3N2.ClH/c17-16(18,19)12-9-15(11-6-1-3-7-13(11)20)21-14-8-4-2-5-10(12)14;/h1-9H,20H2;1H/p+1. The van der Waals surface area contributed by atoms with E-state index in [2.05, 4.69) is 4.98 Å². The number of para-hydroxylation sites is 2. The third-order valence-electron chi connectivity index (χ3n) is 3.33. The van der Waals surface area contributed by atoms with Gasteiger partial charge in [-0.3, -0.25) is 0 Å². The number of rotatable bonds is 1. The van der Waals surface area contributed by atoms with Crippen LogP contribution in [0.15, 0.2) is 54.6 Å². The molecule has 3 rings (SSSR count). The van der Waals surface area contributed by atoms with E-state index in [-0.39, 0.29) is 17.8 Å². The molecule has 0 radical (unpaired) electrons. The minimum absolute atomic E-state index is 0. The Morgan fingerprint density at radius 1 is 0.909 bits per heavy atom. The number of hydrogen-bond acceptors (Lipinski definition) is 1. The summed E-state index contributed by atoms with van der Waals surface area (Å²) in [5, 5.41) is 0.142. The Morgan fingerprint density at radius 2 is 1.55 bits per heavy atom. The molecule has 6 heteroatoms. The fraction of sp³-hybridized carbons (Fsp3) is 0.0625. The first kappa shape index (κ1) is 16.1. The van der Waals surface area contributed by atoms with Gasteiger partial charge in [0.15, 0.2) is 0 Å². The zero-order valence-corrected chi connectivity index (χ0v) is 12.1. The lowest BCUT2D eigenvalue weighted by Gasteiger charge is -2.09. The van der Waals surface area contributed by atoms with E-state index in [0.29, 0.717) is 22.5 Å². The summed E-state index contributed by atoms with van der Waals surface area (Å²) in [5.74, 6) is 0. The van der Waals surface area contributed by atoms with E-state index >= 15 is 0 Å². The van der Waals surface area contributed by atoms with Gasteiger partial charge in [-0.2, -0.15) is 13.2 Å². The number of nitrogen functional groups attached to an aromatic ring is 1. The Kier molecular flexibility index (Phi) is 4.28. The molecule has 0 bridgehead atoms. The molecular formula is C16H13ClF3N2+. The first-order valence-corrected chi connectivity index (χ1v) is 6.34. The van der Waals surface area contributed by atoms with E-state index in [1.807, 2.05) is 0 Å². The number of nitrogens with one attached hydrogen (secondary N) is 1. The maximum Gasteiger partial charge on any atom is 0.417 e. The molecule has 3 N–H and O–H groups in total. The molecule has 1 heterocycles. The van der Waals surface area contributed by atoms with Crippen LogP contribution in [0.5, 0.6) is 0 Å². The van der Waals surface area contributed by atoms with Crippen LogP contribution < -0.4 is 10.7 Å². The van der Waals surface area contributed by atoms with Gasteiger partial charge in [0.1, 0.15) is 0 Å². The van der Waals surface area contributed by atoms with Crippen LogP contribution in [-0.2, 0) is 6.18 Å². The summed E-state index contributed by atoms with van der Waals surface area (Å²) in [6, 6.07) is 14.3. The molecular weight excluding hydrogens is 313 g/mol. The lowest BCUT2D eigenvalue weighted by Crippen LogP contribution is -2.15. The molecule has 1 aromatic heterocycles. The zero-order chi connectivity index (χ0) is 15.0. The Labute approximate surface area is 131 Å². The molecule has 2 aromatic carbocycles. The topological polar surface area (TPSA) is 40.2 Å². The number of H-pyrrole nitrogens is 1.